The Morgan fingerprint density at radius 3 is 2.74 bits per heavy atom. The van der Waals surface area contributed by atoms with Gasteiger partial charge in [-0.2, -0.15) is 5.10 Å². The van der Waals surface area contributed by atoms with E-state index < -0.39 is 11.9 Å². The van der Waals surface area contributed by atoms with Gasteiger partial charge in [-0.3, -0.25) is 14.7 Å². The summed E-state index contributed by atoms with van der Waals surface area (Å²) in [7, 11) is 1.31. The molecule has 0 aliphatic rings. The van der Waals surface area contributed by atoms with Crippen molar-refractivity contribution in [3.63, 3.8) is 0 Å². The van der Waals surface area contributed by atoms with Crippen molar-refractivity contribution in [1.29, 1.82) is 0 Å². The largest absolute Gasteiger partial charge is 0.508 e. The first-order valence-corrected chi connectivity index (χ1v) is 9.18. The Bertz CT molecular complexity index is 903. The Hall–Kier alpha value is -3.13. The first kappa shape index (κ1) is 18.7. The van der Waals surface area contributed by atoms with Crippen LogP contribution in [0.5, 0.6) is 5.75 Å². The van der Waals surface area contributed by atoms with Gasteiger partial charge in [0.25, 0.3) is 5.91 Å². The second-order valence-electron chi connectivity index (χ2n) is 5.94. The number of nitrogens with zero attached hydrogens (tertiary/aromatic N) is 1. The van der Waals surface area contributed by atoms with Gasteiger partial charge in [0.2, 0.25) is 0 Å². The quantitative estimate of drug-likeness (QED) is 0.542. The molecular formula is C19H19N3O4S. The third kappa shape index (κ3) is 4.73. The lowest BCUT2D eigenvalue weighted by molar-refractivity contribution is -0.145. The fourth-order valence-corrected chi connectivity index (χ4v) is 3.32. The Balaban J connectivity index is 1.63. The van der Waals surface area contributed by atoms with Gasteiger partial charge in [-0.05, 0) is 41.6 Å². The number of esters is 1. The van der Waals surface area contributed by atoms with E-state index in [1.165, 1.54) is 7.11 Å². The smallest absolute Gasteiger partial charge is 0.310 e. The molecule has 2 heterocycles. The number of benzene rings is 1. The standard InChI is InChI=1S/C19H19N3O4S/c1-26-19(25)13(9-12-4-6-14(23)7-5-12)11-20-18(24)16-10-15(21-22-16)17-3-2-8-27-17/h2-8,10,13,23H,9,11H2,1H3,(H,20,24)(H,21,22). The highest BCUT2D eigenvalue weighted by Crippen LogP contribution is 2.23. The molecule has 140 valence electrons. The molecule has 3 N–H and O–H groups in total. The molecule has 8 heteroatoms. The number of rotatable bonds is 7. The van der Waals surface area contributed by atoms with Gasteiger partial charge < -0.3 is 15.2 Å². The van der Waals surface area contributed by atoms with Crippen LogP contribution in [0.4, 0.5) is 0 Å². The number of aromatic amines is 1. The maximum atomic E-state index is 12.4. The van der Waals surface area contributed by atoms with Crippen LogP contribution in [-0.4, -0.2) is 40.8 Å². The molecule has 7 nitrogen and oxygen atoms in total. The van der Waals surface area contributed by atoms with Gasteiger partial charge in [0, 0.05) is 6.54 Å². The van der Waals surface area contributed by atoms with E-state index in [-0.39, 0.29) is 23.9 Å². The third-order valence-electron chi connectivity index (χ3n) is 4.06. The average molecular weight is 385 g/mol. The number of thiophene rings is 1. The summed E-state index contributed by atoms with van der Waals surface area (Å²) in [6, 6.07) is 12.1. The zero-order valence-electron chi connectivity index (χ0n) is 14.6. The van der Waals surface area contributed by atoms with Gasteiger partial charge in [-0.15, -0.1) is 11.3 Å². The number of aromatic hydroxyl groups is 1. The minimum absolute atomic E-state index is 0.119. The fraction of sp³-hybridized carbons (Fsp3) is 0.211. The van der Waals surface area contributed by atoms with Crippen molar-refractivity contribution in [2.45, 2.75) is 6.42 Å². The number of methoxy groups -OCH3 is 1. The first-order valence-electron chi connectivity index (χ1n) is 8.30. The minimum Gasteiger partial charge on any atom is -0.508 e. The van der Waals surface area contributed by atoms with Crippen LogP contribution in [0.15, 0.2) is 47.8 Å². The molecule has 2 aromatic heterocycles. The lowest BCUT2D eigenvalue weighted by atomic mass is 9.99. The summed E-state index contributed by atoms with van der Waals surface area (Å²) in [5.74, 6) is -1.17. The van der Waals surface area contributed by atoms with Crippen LogP contribution in [0.2, 0.25) is 0 Å². The number of hydrogen-bond acceptors (Lipinski definition) is 6. The van der Waals surface area contributed by atoms with Crippen molar-refractivity contribution < 1.29 is 19.4 Å². The van der Waals surface area contributed by atoms with E-state index in [9.17, 15) is 14.7 Å². The zero-order valence-corrected chi connectivity index (χ0v) is 15.5. The molecule has 0 spiro atoms. The molecule has 0 aliphatic heterocycles. The topological polar surface area (TPSA) is 104 Å². The van der Waals surface area contributed by atoms with Crippen LogP contribution in [-0.2, 0) is 16.0 Å². The molecular weight excluding hydrogens is 366 g/mol. The SMILES string of the molecule is COC(=O)C(CNC(=O)c1cc(-c2cccs2)[nH]n1)Cc1ccc(O)cc1. The van der Waals surface area contributed by atoms with E-state index in [4.69, 9.17) is 4.74 Å². The highest BCUT2D eigenvalue weighted by molar-refractivity contribution is 7.13. The van der Waals surface area contributed by atoms with E-state index >= 15 is 0 Å². The molecule has 1 unspecified atom stereocenters. The van der Waals surface area contributed by atoms with E-state index in [0.29, 0.717) is 6.42 Å². The Labute approximate surface area is 160 Å². The number of nitrogens with one attached hydrogen (secondary N) is 2. The number of amides is 1. The molecule has 3 rings (SSSR count). The lowest BCUT2D eigenvalue weighted by Crippen LogP contribution is -2.34. The molecule has 1 aromatic carbocycles. The van der Waals surface area contributed by atoms with Crippen molar-refractivity contribution in [3.8, 4) is 16.3 Å². The Kier molecular flexibility index (Phi) is 5.87. The van der Waals surface area contributed by atoms with Gasteiger partial charge in [0.1, 0.15) is 5.75 Å². The number of aromatic nitrogens is 2. The molecule has 27 heavy (non-hydrogen) atoms. The molecule has 0 fully saturated rings. The number of ether oxygens (including phenoxy) is 1. The Morgan fingerprint density at radius 2 is 2.07 bits per heavy atom. The molecule has 0 radical (unpaired) electrons. The van der Waals surface area contributed by atoms with Crippen molar-refractivity contribution in [1.82, 2.24) is 15.5 Å². The normalized spacial score (nSPS) is 11.7. The molecule has 1 amide bonds. The van der Waals surface area contributed by atoms with E-state index in [1.54, 1.807) is 41.7 Å². The monoisotopic (exact) mass is 385 g/mol. The summed E-state index contributed by atoms with van der Waals surface area (Å²) < 4.78 is 4.84. The second-order valence-corrected chi connectivity index (χ2v) is 6.89. The lowest BCUT2D eigenvalue weighted by Gasteiger charge is -2.15. The van der Waals surface area contributed by atoms with Gasteiger partial charge in [0.15, 0.2) is 5.69 Å². The first-order chi connectivity index (χ1) is 13.1. The third-order valence-corrected chi connectivity index (χ3v) is 4.96. The van der Waals surface area contributed by atoms with E-state index in [0.717, 1.165) is 16.1 Å². The van der Waals surface area contributed by atoms with E-state index in [2.05, 4.69) is 15.5 Å². The minimum atomic E-state index is -0.542. The maximum absolute atomic E-state index is 12.4. The van der Waals surface area contributed by atoms with E-state index in [1.807, 2.05) is 17.5 Å². The van der Waals surface area contributed by atoms with Gasteiger partial charge >= 0.3 is 5.97 Å². The predicted octanol–water partition coefficient (Wildman–Crippen LogP) is 2.61. The van der Waals surface area contributed by atoms with Crippen molar-refractivity contribution in [3.05, 3.63) is 59.1 Å². The highest BCUT2D eigenvalue weighted by atomic mass is 32.1. The number of phenolic OH excluding ortho intramolecular Hbond substituents is 1. The second kappa shape index (κ2) is 8.50. The van der Waals surface area contributed by atoms with Crippen LogP contribution in [0.1, 0.15) is 16.1 Å². The van der Waals surface area contributed by atoms with Crippen molar-refractivity contribution >= 4 is 23.2 Å². The predicted molar refractivity (Wildman–Crippen MR) is 102 cm³/mol. The average Bonchev–Trinajstić information content (AvgIpc) is 3.37. The molecule has 3 aromatic rings. The zero-order chi connectivity index (χ0) is 19.2. The fourth-order valence-electron chi connectivity index (χ4n) is 2.62. The summed E-state index contributed by atoms with van der Waals surface area (Å²) >= 11 is 1.55. The summed E-state index contributed by atoms with van der Waals surface area (Å²) in [5, 5.41) is 20.9. The molecule has 0 bridgehead atoms. The summed E-state index contributed by atoms with van der Waals surface area (Å²) in [4.78, 5) is 25.4. The number of carbonyl (C=O) groups excluding carboxylic acids is 2. The number of carbonyl (C=O) groups is 2. The summed E-state index contributed by atoms with van der Waals surface area (Å²) in [6.45, 7) is 0.119. The van der Waals surface area contributed by atoms with Gasteiger partial charge in [0.05, 0.1) is 23.6 Å². The van der Waals surface area contributed by atoms with Gasteiger partial charge in [-0.25, -0.2) is 0 Å². The van der Waals surface area contributed by atoms with Crippen LogP contribution in [0, 0.1) is 5.92 Å². The molecule has 0 saturated carbocycles. The molecule has 1 atom stereocenters. The van der Waals surface area contributed by atoms with Crippen molar-refractivity contribution in [2.75, 3.05) is 13.7 Å². The van der Waals surface area contributed by atoms with Gasteiger partial charge in [-0.1, -0.05) is 18.2 Å². The summed E-state index contributed by atoms with van der Waals surface area (Å²) in [5.41, 5.74) is 1.88. The number of H-pyrrole nitrogens is 1. The highest BCUT2D eigenvalue weighted by Gasteiger charge is 2.22. The Morgan fingerprint density at radius 1 is 1.30 bits per heavy atom. The van der Waals surface area contributed by atoms with Crippen LogP contribution in [0.25, 0.3) is 10.6 Å². The van der Waals surface area contributed by atoms with Crippen LogP contribution >= 0.6 is 11.3 Å². The maximum Gasteiger partial charge on any atom is 0.310 e. The molecule has 0 saturated heterocycles. The van der Waals surface area contributed by atoms with Crippen LogP contribution < -0.4 is 5.32 Å². The number of phenols is 1. The summed E-state index contributed by atoms with van der Waals surface area (Å²) in [6.07, 6.45) is 0.383. The molecule has 0 aliphatic carbocycles. The van der Waals surface area contributed by atoms with Crippen LogP contribution in [0.3, 0.4) is 0 Å². The van der Waals surface area contributed by atoms with Crippen molar-refractivity contribution in [2.24, 2.45) is 5.92 Å². The number of hydrogen-bond donors (Lipinski definition) is 3.